The summed E-state index contributed by atoms with van der Waals surface area (Å²) in [4.78, 5) is 13.2. The first-order valence-electron chi connectivity index (χ1n) is 4.72. The third-order valence-corrected chi connectivity index (χ3v) is 2.01. The van der Waals surface area contributed by atoms with E-state index >= 15 is 0 Å². The number of hydrogen-bond acceptors (Lipinski definition) is 3. The van der Waals surface area contributed by atoms with E-state index in [2.05, 4.69) is 0 Å². The van der Waals surface area contributed by atoms with Gasteiger partial charge in [-0.1, -0.05) is 0 Å². The molecule has 1 amide bonds. The molecule has 0 bridgehead atoms. The van der Waals surface area contributed by atoms with E-state index in [4.69, 9.17) is 10.2 Å². The monoisotopic (exact) mass is 196 g/mol. The van der Waals surface area contributed by atoms with Crippen LogP contribution in [0.2, 0.25) is 0 Å². The Morgan fingerprint density at radius 1 is 1.71 bits per heavy atom. The summed E-state index contributed by atoms with van der Waals surface area (Å²) in [6, 6.07) is 3.20. The van der Waals surface area contributed by atoms with Crippen LogP contribution in [0.5, 0.6) is 0 Å². The van der Waals surface area contributed by atoms with E-state index < -0.39 is 6.04 Å². The molecule has 0 saturated heterocycles. The first-order chi connectivity index (χ1) is 6.65. The predicted molar refractivity (Wildman–Crippen MR) is 53.4 cm³/mol. The lowest BCUT2D eigenvalue weighted by molar-refractivity contribution is -0.132. The molecule has 0 fully saturated rings. The van der Waals surface area contributed by atoms with Crippen molar-refractivity contribution in [2.45, 2.75) is 26.4 Å². The van der Waals surface area contributed by atoms with E-state index in [-0.39, 0.29) is 5.91 Å². The maximum atomic E-state index is 11.6. The maximum Gasteiger partial charge on any atom is 0.239 e. The van der Waals surface area contributed by atoms with Crippen LogP contribution in [-0.4, -0.2) is 23.4 Å². The summed E-state index contributed by atoms with van der Waals surface area (Å²) >= 11 is 0. The fourth-order valence-electron chi connectivity index (χ4n) is 1.22. The van der Waals surface area contributed by atoms with Crippen molar-refractivity contribution in [3.63, 3.8) is 0 Å². The topological polar surface area (TPSA) is 59.5 Å². The van der Waals surface area contributed by atoms with Gasteiger partial charge in [-0.3, -0.25) is 4.79 Å². The summed E-state index contributed by atoms with van der Waals surface area (Å²) < 4.78 is 5.16. The minimum atomic E-state index is -0.454. The Kier molecular flexibility index (Phi) is 3.71. The van der Waals surface area contributed by atoms with Gasteiger partial charge in [0.2, 0.25) is 5.91 Å². The summed E-state index contributed by atoms with van der Waals surface area (Å²) in [7, 11) is 0. The molecule has 0 saturated carbocycles. The van der Waals surface area contributed by atoms with E-state index in [9.17, 15) is 4.79 Å². The second-order valence-electron chi connectivity index (χ2n) is 3.22. The Bertz CT molecular complexity index is 280. The normalized spacial score (nSPS) is 12.5. The van der Waals surface area contributed by atoms with Gasteiger partial charge in [-0.2, -0.15) is 0 Å². The molecule has 0 aliphatic carbocycles. The molecule has 1 aromatic heterocycles. The van der Waals surface area contributed by atoms with Gasteiger partial charge in [0.05, 0.1) is 18.8 Å². The van der Waals surface area contributed by atoms with Crippen LogP contribution < -0.4 is 5.73 Å². The number of amides is 1. The summed E-state index contributed by atoms with van der Waals surface area (Å²) in [6.07, 6.45) is 1.60. The molecule has 2 N–H and O–H groups in total. The molecule has 1 rings (SSSR count). The van der Waals surface area contributed by atoms with Gasteiger partial charge in [-0.05, 0) is 26.0 Å². The van der Waals surface area contributed by atoms with Crippen LogP contribution in [0.1, 0.15) is 19.6 Å². The number of likely N-dealkylation sites (N-methyl/N-ethyl adjacent to an activating group) is 1. The van der Waals surface area contributed by atoms with Gasteiger partial charge < -0.3 is 15.1 Å². The highest BCUT2D eigenvalue weighted by Crippen LogP contribution is 2.06. The van der Waals surface area contributed by atoms with Gasteiger partial charge in [-0.15, -0.1) is 0 Å². The molecule has 4 nitrogen and oxygen atoms in total. The average Bonchev–Trinajstić information content (AvgIpc) is 2.65. The molecule has 0 aliphatic rings. The van der Waals surface area contributed by atoms with Crippen LogP contribution >= 0.6 is 0 Å². The number of furan rings is 1. The zero-order valence-corrected chi connectivity index (χ0v) is 8.56. The fraction of sp³-hybridized carbons (Fsp3) is 0.500. The maximum absolute atomic E-state index is 11.6. The van der Waals surface area contributed by atoms with Crippen molar-refractivity contribution in [1.82, 2.24) is 4.90 Å². The van der Waals surface area contributed by atoms with Crippen LogP contribution in [0, 0.1) is 0 Å². The molecule has 1 atom stereocenters. The fourth-order valence-corrected chi connectivity index (χ4v) is 1.22. The minimum Gasteiger partial charge on any atom is -0.467 e. The summed E-state index contributed by atoms with van der Waals surface area (Å²) in [5.41, 5.74) is 5.52. The van der Waals surface area contributed by atoms with Crippen molar-refractivity contribution in [2.24, 2.45) is 5.73 Å². The van der Waals surface area contributed by atoms with Crippen molar-refractivity contribution in [1.29, 1.82) is 0 Å². The van der Waals surface area contributed by atoms with Crippen LogP contribution in [0.25, 0.3) is 0 Å². The zero-order chi connectivity index (χ0) is 10.6. The quantitative estimate of drug-likeness (QED) is 0.780. The lowest BCUT2D eigenvalue weighted by atomic mass is 10.3. The molecule has 1 aromatic rings. The number of rotatable bonds is 4. The Morgan fingerprint density at radius 2 is 2.43 bits per heavy atom. The second kappa shape index (κ2) is 4.81. The molecule has 14 heavy (non-hydrogen) atoms. The molecule has 1 heterocycles. The Hall–Kier alpha value is -1.29. The third-order valence-electron chi connectivity index (χ3n) is 2.01. The molecular formula is C10H16N2O2. The van der Waals surface area contributed by atoms with E-state index in [1.807, 2.05) is 13.0 Å². The first kappa shape index (κ1) is 10.8. The summed E-state index contributed by atoms with van der Waals surface area (Å²) in [6.45, 7) is 4.74. The van der Waals surface area contributed by atoms with Crippen molar-refractivity contribution in [2.75, 3.05) is 6.54 Å². The SMILES string of the molecule is CCN(Cc1ccco1)C(=O)[C@H](C)N. The standard InChI is InChI=1S/C10H16N2O2/c1-3-12(10(13)8(2)11)7-9-5-4-6-14-9/h4-6,8H,3,7,11H2,1-2H3/t8-/m0/s1. The van der Waals surface area contributed by atoms with Crippen LogP contribution in [0.4, 0.5) is 0 Å². The van der Waals surface area contributed by atoms with E-state index in [0.717, 1.165) is 5.76 Å². The zero-order valence-electron chi connectivity index (χ0n) is 8.56. The van der Waals surface area contributed by atoms with Gasteiger partial charge in [0, 0.05) is 6.54 Å². The highest BCUT2D eigenvalue weighted by molar-refractivity contribution is 5.81. The number of hydrogen-bond donors (Lipinski definition) is 1. The molecule has 0 aromatic carbocycles. The molecule has 4 heteroatoms. The van der Waals surface area contributed by atoms with E-state index in [0.29, 0.717) is 13.1 Å². The first-order valence-corrected chi connectivity index (χ1v) is 4.72. The molecule has 0 spiro atoms. The predicted octanol–water partition coefficient (Wildman–Crippen LogP) is 0.975. The highest BCUT2D eigenvalue weighted by Gasteiger charge is 2.16. The number of carbonyl (C=O) groups excluding carboxylic acids is 1. The molecule has 78 valence electrons. The van der Waals surface area contributed by atoms with Crippen LogP contribution in [-0.2, 0) is 11.3 Å². The van der Waals surface area contributed by atoms with Crippen molar-refractivity contribution in [3.8, 4) is 0 Å². The number of nitrogens with zero attached hydrogens (tertiary/aromatic N) is 1. The van der Waals surface area contributed by atoms with E-state index in [1.54, 1.807) is 24.2 Å². The van der Waals surface area contributed by atoms with Gasteiger partial charge in [-0.25, -0.2) is 0 Å². The van der Waals surface area contributed by atoms with Crippen LogP contribution in [0.15, 0.2) is 22.8 Å². The summed E-state index contributed by atoms with van der Waals surface area (Å²) in [5, 5.41) is 0. The largest absolute Gasteiger partial charge is 0.467 e. The Morgan fingerprint density at radius 3 is 2.86 bits per heavy atom. The lowest BCUT2D eigenvalue weighted by Gasteiger charge is -2.21. The third kappa shape index (κ3) is 2.60. The molecule has 0 unspecified atom stereocenters. The van der Waals surface area contributed by atoms with Gasteiger partial charge >= 0.3 is 0 Å². The van der Waals surface area contributed by atoms with Gasteiger partial charge in [0.15, 0.2) is 0 Å². The minimum absolute atomic E-state index is 0.0519. The summed E-state index contributed by atoms with van der Waals surface area (Å²) in [5.74, 6) is 0.727. The lowest BCUT2D eigenvalue weighted by Crippen LogP contribution is -2.41. The number of nitrogens with two attached hydrogens (primary N) is 1. The van der Waals surface area contributed by atoms with Crippen molar-refractivity contribution < 1.29 is 9.21 Å². The van der Waals surface area contributed by atoms with Crippen LogP contribution in [0.3, 0.4) is 0 Å². The van der Waals surface area contributed by atoms with Crippen molar-refractivity contribution in [3.05, 3.63) is 24.2 Å². The van der Waals surface area contributed by atoms with Gasteiger partial charge in [0.1, 0.15) is 5.76 Å². The Balaban J connectivity index is 2.60. The highest BCUT2D eigenvalue weighted by atomic mass is 16.3. The molecule has 0 aliphatic heterocycles. The smallest absolute Gasteiger partial charge is 0.239 e. The second-order valence-corrected chi connectivity index (χ2v) is 3.22. The van der Waals surface area contributed by atoms with Gasteiger partial charge in [0.25, 0.3) is 0 Å². The molecule has 0 radical (unpaired) electrons. The van der Waals surface area contributed by atoms with Crippen molar-refractivity contribution >= 4 is 5.91 Å². The van der Waals surface area contributed by atoms with E-state index in [1.165, 1.54) is 0 Å². The average molecular weight is 196 g/mol. The Labute approximate surface area is 83.7 Å². The molecular weight excluding hydrogens is 180 g/mol. The number of carbonyl (C=O) groups is 1.